The number of nitrogens with one attached hydrogen (secondary N) is 2. The summed E-state index contributed by atoms with van der Waals surface area (Å²) in [5.74, 6) is -4.59. The summed E-state index contributed by atoms with van der Waals surface area (Å²) in [6.45, 7) is 0.978. The monoisotopic (exact) mass is 294 g/mol. The summed E-state index contributed by atoms with van der Waals surface area (Å²) in [5.41, 5.74) is -0.579. The van der Waals surface area contributed by atoms with Crippen molar-refractivity contribution in [2.75, 3.05) is 17.8 Å². The average molecular weight is 294 g/mol. The van der Waals surface area contributed by atoms with E-state index in [9.17, 15) is 21.6 Å². The zero-order valence-electron chi connectivity index (χ0n) is 9.92. The van der Waals surface area contributed by atoms with E-state index in [1.54, 1.807) is 0 Å². The highest BCUT2D eigenvalue weighted by Gasteiger charge is 2.28. The molecule has 8 heteroatoms. The Morgan fingerprint density at radius 3 is 2.58 bits per heavy atom. The second kappa shape index (κ2) is 5.38. The Hall–Kier alpha value is -1.28. The number of hydrogen-bond donors (Lipinski definition) is 2. The molecule has 1 aliphatic rings. The first-order chi connectivity index (χ1) is 8.92. The van der Waals surface area contributed by atoms with Gasteiger partial charge in [0.05, 0.1) is 10.9 Å². The molecule has 1 aromatic rings. The van der Waals surface area contributed by atoms with Gasteiger partial charge in [0.1, 0.15) is 0 Å². The maximum absolute atomic E-state index is 13.4. The van der Waals surface area contributed by atoms with Crippen molar-refractivity contribution in [1.82, 2.24) is 5.32 Å². The fourth-order valence-electron chi connectivity index (χ4n) is 1.93. The Bertz CT molecular complexity index is 572. The van der Waals surface area contributed by atoms with Crippen molar-refractivity contribution in [2.24, 2.45) is 0 Å². The number of piperidine rings is 1. The van der Waals surface area contributed by atoms with Crippen LogP contribution in [-0.2, 0) is 10.0 Å². The molecule has 0 saturated carbocycles. The third kappa shape index (κ3) is 3.01. The van der Waals surface area contributed by atoms with Gasteiger partial charge >= 0.3 is 0 Å². The molecule has 1 heterocycles. The summed E-state index contributed by atoms with van der Waals surface area (Å²) in [6.07, 6.45) is 1.12. The van der Waals surface area contributed by atoms with Crippen LogP contribution in [0.5, 0.6) is 0 Å². The maximum Gasteiger partial charge on any atom is 0.236 e. The van der Waals surface area contributed by atoms with Gasteiger partial charge in [-0.25, -0.2) is 21.6 Å². The minimum atomic E-state index is -3.83. The molecule has 2 rings (SSSR count). The molecule has 0 aromatic heterocycles. The maximum atomic E-state index is 13.4. The van der Waals surface area contributed by atoms with Crippen LogP contribution in [0.2, 0.25) is 0 Å². The summed E-state index contributed by atoms with van der Waals surface area (Å²) in [7, 11) is -3.83. The van der Waals surface area contributed by atoms with Gasteiger partial charge in [0.2, 0.25) is 10.0 Å². The number of hydrogen-bond acceptors (Lipinski definition) is 3. The van der Waals surface area contributed by atoms with Gasteiger partial charge in [0.15, 0.2) is 17.5 Å². The zero-order valence-corrected chi connectivity index (χ0v) is 10.7. The second-order valence-corrected chi connectivity index (χ2v) is 6.30. The fraction of sp³-hybridized carbons (Fsp3) is 0.455. The van der Waals surface area contributed by atoms with Crippen LogP contribution >= 0.6 is 0 Å². The van der Waals surface area contributed by atoms with Gasteiger partial charge in [-0.15, -0.1) is 0 Å². The van der Waals surface area contributed by atoms with Gasteiger partial charge in [-0.1, -0.05) is 0 Å². The molecule has 1 unspecified atom stereocenters. The van der Waals surface area contributed by atoms with Crippen molar-refractivity contribution in [1.29, 1.82) is 0 Å². The summed E-state index contributed by atoms with van der Waals surface area (Å²) >= 11 is 0. The van der Waals surface area contributed by atoms with Crippen molar-refractivity contribution in [3.05, 3.63) is 29.6 Å². The normalized spacial score (nSPS) is 20.3. The quantitative estimate of drug-likeness (QED) is 0.833. The van der Waals surface area contributed by atoms with Crippen molar-refractivity contribution < 1.29 is 21.6 Å². The third-order valence-electron chi connectivity index (χ3n) is 2.98. The largest absolute Gasteiger partial charge is 0.315 e. The molecular formula is C11H13F3N2O2S. The molecule has 0 spiro atoms. The molecule has 0 radical (unpaired) electrons. The minimum absolute atomic E-state index is 0.251. The molecule has 2 N–H and O–H groups in total. The van der Waals surface area contributed by atoms with Crippen molar-refractivity contribution in [3.63, 3.8) is 0 Å². The average Bonchev–Trinajstić information content (AvgIpc) is 2.40. The highest BCUT2D eigenvalue weighted by atomic mass is 32.2. The van der Waals surface area contributed by atoms with E-state index in [1.807, 2.05) is 4.72 Å². The third-order valence-corrected chi connectivity index (χ3v) is 4.76. The topological polar surface area (TPSA) is 58.2 Å². The van der Waals surface area contributed by atoms with Crippen LogP contribution in [0.25, 0.3) is 0 Å². The molecule has 0 bridgehead atoms. The molecule has 0 aliphatic carbocycles. The minimum Gasteiger partial charge on any atom is -0.315 e. The smallest absolute Gasteiger partial charge is 0.236 e. The lowest BCUT2D eigenvalue weighted by molar-refractivity contribution is 0.449. The van der Waals surface area contributed by atoms with E-state index in [4.69, 9.17) is 0 Å². The zero-order chi connectivity index (χ0) is 14.0. The van der Waals surface area contributed by atoms with Crippen LogP contribution in [0.1, 0.15) is 12.8 Å². The first kappa shape index (κ1) is 14.1. The van der Waals surface area contributed by atoms with E-state index in [-0.39, 0.29) is 6.54 Å². The molecule has 19 heavy (non-hydrogen) atoms. The van der Waals surface area contributed by atoms with Crippen LogP contribution in [0.3, 0.4) is 0 Å². The van der Waals surface area contributed by atoms with E-state index in [0.717, 1.165) is 12.6 Å². The van der Waals surface area contributed by atoms with Gasteiger partial charge in [-0.3, -0.25) is 4.72 Å². The van der Waals surface area contributed by atoms with Crippen molar-refractivity contribution in [3.8, 4) is 0 Å². The van der Waals surface area contributed by atoms with Gasteiger partial charge < -0.3 is 5.32 Å². The van der Waals surface area contributed by atoms with Crippen LogP contribution in [-0.4, -0.2) is 26.8 Å². The second-order valence-electron chi connectivity index (χ2n) is 4.34. The lowest BCUT2D eigenvalue weighted by atomic mass is 10.2. The Kier molecular flexibility index (Phi) is 4.00. The molecule has 106 valence electrons. The highest BCUT2D eigenvalue weighted by Crippen LogP contribution is 2.22. The summed E-state index contributed by atoms with van der Waals surface area (Å²) < 4.78 is 65.1. The van der Waals surface area contributed by atoms with Gasteiger partial charge in [-0.2, -0.15) is 0 Å². The molecular weight excluding hydrogens is 281 g/mol. The van der Waals surface area contributed by atoms with Crippen LogP contribution in [0, 0.1) is 17.5 Å². The van der Waals surface area contributed by atoms with Crippen molar-refractivity contribution in [2.45, 2.75) is 18.1 Å². The lowest BCUT2D eigenvalue weighted by Gasteiger charge is -2.23. The van der Waals surface area contributed by atoms with Gasteiger partial charge in [0, 0.05) is 6.54 Å². The summed E-state index contributed by atoms with van der Waals surface area (Å²) in [4.78, 5) is 0. The molecule has 1 atom stereocenters. The lowest BCUT2D eigenvalue weighted by Crippen LogP contribution is -2.41. The molecule has 1 fully saturated rings. The number of sulfonamides is 1. The van der Waals surface area contributed by atoms with Crippen LogP contribution in [0.4, 0.5) is 18.9 Å². The Morgan fingerprint density at radius 2 is 1.95 bits per heavy atom. The number of halogens is 3. The number of benzene rings is 1. The van der Waals surface area contributed by atoms with E-state index in [1.165, 1.54) is 0 Å². The highest BCUT2D eigenvalue weighted by molar-refractivity contribution is 7.93. The molecule has 1 saturated heterocycles. The Labute approximate surface area is 109 Å². The molecule has 4 nitrogen and oxygen atoms in total. The predicted octanol–water partition coefficient (Wildman–Crippen LogP) is 1.60. The van der Waals surface area contributed by atoms with Crippen LogP contribution < -0.4 is 10.0 Å². The van der Waals surface area contributed by atoms with E-state index < -0.39 is 38.4 Å². The molecule has 1 aliphatic heterocycles. The fourth-order valence-corrected chi connectivity index (χ4v) is 3.37. The van der Waals surface area contributed by atoms with E-state index >= 15 is 0 Å². The van der Waals surface area contributed by atoms with Gasteiger partial charge in [0.25, 0.3) is 0 Å². The predicted molar refractivity (Wildman–Crippen MR) is 64.8 cm³/mol. The number of rotatable bonds is 3. The van der Waals surface area contributed by atoms with E-state index in [0.29, 0.717) is 18.9 Å². The Balaban J connectivity index is 2.23. The molecule has 0 amide bonds. The SMILES string of the molecule is O=S(=O)(Nc1ccc(F)c(F)c1F)C1CCCNC1. The standard InChI is InChI=1S/C11H13F3N2O2S/c12-8-3-4-9(11(14)10(8)13)16-19(17,18)7-2-1-5-15-6-7/h3-4,7,15-16H,1-2,5-6H2. The summed E-state index contributed by atoms with van der Waals surface area (Å²) in [5, 5.41) is 2.20. The van der Waals surface area contributed by atoms with Gasteiger partial charge in [-0.05, 0) is 31.5 Å². The summed E-state index contributed by atoms with van der Waals surface area (Å²) in [6, 6.07) is 1.54. The first-order valence-electron chi connectivity index (χ1n) is 5.77. The Morgan fingerprint density at radius 1 is 1.21 bits per heavy atom. The van der Waals surface area contributed by atoms with E-state index in [2.05, 4.69) is 5.32 Å². The van der Waals surface area contributed by atoms with Crippen LogP contribution in [0.15, 0.2) is 12.1 Å². The number of anilines is 1. The van der Waals surface area contributed by atoms with Crippen molar-refractivity contribution >= 4 is 15.7 Å². The first-order valence-corrected chi connectivity index (χ1v) is 7.32. The molecule has 1 aromatic carbocycles.